The molecule has 1 aromatic heterocycles. The van der Waals surface area contributed by atoms with Gasteiger partial charge in [-0.3, -0.25) is 14.5 Å². The van der Waals surface area contributed by atoms with Crippen LogP contribution in [0.5, 0.6) is 5.75 Å². The summed E-state index contributed by atoms with van der Waals surface area (Å²) in [6, 6.07) is 30.7. The van der Waals surface area contributed by atoms with Crippen LogP contribution in [0, 0.1) is 0 Å². The molecule has 0 fully saturated rings. The molecule has 3 aromatic carbocycles. The van der Waals surface area contributed by atoms with Crippen LogP contribution in [0.25, 0.3) is 0 Å². The summed E-state index contributed by atoms with van der Waals surface area (Å²) in [5.41, 5.74) is 2.61. The Hall–Kier alpha value is -4.71. The molecular weight excluding hydrogens is 450 g/mol. The maximum atomic E-state index is 14.0. The molecule has 2 heterocycles. The van der Waals surface area contributed by atoms with E-state index in [0.29, 0.717) is 29.2 Å². The number of hydrogen-bond donors (Lipinski definition) is 1. The number of anilines is 2. The van der Waals surface area contributed by atoms with Crippen LogP contribution >= 0.6 is 0 Å². The van der Waals surface area contributed by atoms with E-state index in [1.165, 1.54) is 0 Å². The van der Waals surface area contributed by atoms with Crippen LogP contribution < -0.4 is 15.0 Å². The predicted octanol–water partition coefficient (Wildman–Crippen LogP) is 5.82. The van der Waals surface area contributed by atoms with E-state index in [1.807, 2.05) is 85.8 Å². The number of ketones is 1. The molecule has 1 aliphatic heterocycles. The van der Waals surface area contributed by atoms with Gasteiger partial charge in [-0.25, -0.2) is 4.98 Å². The third-order valence-electron chi connectivity index (χ3n) is 5.96. The average molecular weight is 476 g/mol. The molecule has 36 heavy (non-hydrogen) atoms. The Morgan fingerprint density at radius 2 is 1.56 bits per heavy atom. The van der Waals surface area contributed by atoms with E-state index in [2.05, 4.69) is 10.3 Å². The summed E-state index contributed by atoms with van der Waals surface area (Å²) in [5, 5.41) is 3.24. The van der Waals surface area contributed by atoms with E-state index in [0.717, 1.165) is 11.3 Å². The normalized spacial score (nSPS) is 15.2. The number of Topliss-reactive ketones (excluding diaryl/α,β-unsaturated/α-hetero) is 1. The van der Waals surface area contributed by atoms with Gasteiger partial charge < -0.3 is 10.1 Å². The molecule has 6 heteroatoms. The molecule has 1 N–H and O–H groups in total. The largest absolute Gasteiger partial charge is 0.494 e. The molecule has 1 atom stereocenters. The van der Waals surface area contributed by atoms with Gasteiger partial charge in [0.25, 0.3) is 5.91 Å². The lowest BCUT2D eigenvalue weighted by atomic mass is 9.92. The maximum absolute atomic E-state index is 14.0. The highest BCUT2D eigenvalue weighted by molar-refractivity contribution is 6.22. The molecule has 0 saturated heterocycles. The fourth-order valence-corrected chi connectivity index (χ4v) is 4.35. The van der Waals surface area contributed by atoms with Gasteiger partial charge in [-0.15, -0.1) is 0 Å². The standard InChI is InChI=1S/C30H25N3O3/c1-2-36-24-18-16-23(17-19-24)32-27-26(29(34)22-13-7-4-8-14-22)28(21-11-5-3-6-12-21)33(30(27)35)25-15-9-10-20-31-25/h3-20,28,32H,2H2,1H3. The van der Waals surface area contributed by atoms with Crippen LogP contribution in [-0.2, 0) is 4.79 Å². The lowest BCUT2D eigenvalue weighted by Crippen LogP contribution is -2.32. The van der Waals surface area contributed by atoms with Crippen LogP contribution in [0.4, 0.5) is 11.5 Å². The first-order valence-corrected chi connectivity index (χ1v) is 11.8. The van der Waals surface area contributed by atoms with Crippen LogP contribution in [0.3, 0.4) is 0 Å². The lowest BCUT2D eigenvalue weighted by Gasteiger charge is -2.26. The van der Waals surface area contributed by atoms with Crippen LogP contribution in [-0.4, -0.2) is 23.3 Å². The zero-order valence-corrected chi connectivity index (χ0v) is 19.8. The van der Waals surface area contributed by atoms with Crippen molar-refractivity contribution in [2.45, 2.75) is 13.0 Å². The van der Waals surface area contributed by atoms with Gasteiger partial charge in [0.15, 0.2) is 5.78 Å². The third kappa shape index (κ3) is 4.49. The summed E-state index contributed by atoms with van der Waals surface area (Å²) >= 11 is 0. The molecule has 1 unspecified atom stereocenters. The summed E-state index contributed by atoms with van der Waals surface area (Å²) in [6.45, 7) is 2.48. The smallest absolute Gasteiger partial charge is 0.277 e. The number of pyridine rings is 1. The van der Waals surface area contributed by atoms with Crippen LogP contribution in [0.1, 0.15) is 28.9 Å². The predicted molar refractivity (Wildman–Crippen MR) is 140 cm³/mol. The minimum atomic E-state index is -0.647. The zero-order valence-electron chi connectivity index (χ0n) is 19.8. The Kier molecular flexibility index (Phi) is 6.58. The van der Waals surface area contributed by atoms with E-state index in [4.69, 9.17) is 4.74 Å². The van der Waals surface area contributed by atoms with Gasteiger partial charge in [0, 0.05) is 17.4 Å². The summed E-state index contributed by atoms with van der Waals surface area (Å²) in [7, 11) is 0. The van der Waals surface area contributed by atoms with Crippen molar-refractivity contribution in [3.05, 3.63) is 132 Å². The monoisotopic (exact) mass is 475 g/mol. The zero-order chi connectivity index (χ0) is 24.9. The number of nitrogens with zero attached hydrogens (tertiary/aromatic N) is 2. The molecule has 4 aromatic rings. The molecule has 6 nitrogen and oxygen atoms in total. The Morgan fingerprint density at radius 3 is 2.19 bits per heavy atom. The SMILES string of the molecule is CCOc1ccc(NC2=C(C(=O)c3ccccc3)C(c3ccccc3)N(c3ccccn3)C2=O)cc1. The number of nitrogens with one attached hydrogen (secondary N) is 1. The highest BCUT2D eigenvalue weighted by Crippen LogP contribution is 2.42. The van der Waals surface area contributed by atoms with Gasteiger partial charge >= 0.3 is 0 Å². The topological polar surface area (TPSA) is 71.5 Å². The molecule has 178 valence electrons. The van der Waals surface area contributed by atoms with Crippen molar-refractivity contribution in [2.24, 2.45) is 0 Å². The Morgan fingerprint density at radius 1 is 0.889 bits per heavy atom. The van der Waals surface area contributed by atoms with Crippen molar-refractivity contribution in [1.29, 1.82) is 0 Å². The van der Waals surface area contributed by atoms with E-state index >= 15 is 0 Å². The minimum absolute atomic E-state index is 0.218. The van der Waals surface area contributed by atoms with Crippen molar-refractivity contribution in [3.8, 4) is 5.75 Å². The maximum Gasteiger partial charge on any atom is 0.277 e. The quantitative estimate of drug-likeness (QED) is 0.325. The highest BCUT2D eigenvalue weighted by Gasteiger charge is 2.45. The van der Waals surface area contributed by atoms with Crippen molar-refractivity contribution in [2.75, 3.05) is 16.8 Å². The average Bonchev–Trinajstić information content (AvgIpc) is 3.22. The second-order valence-electron chi connectivity index (χ2n) is 8.24. The summed E-state index contributed by atoms with van der Waals surface area (Å²) in [5.74, 6) is 0.659. The number of rotatable bonds is 8. The molecule has 0 spiro atoms. The number of benzene rings is 3. The van der Waals surface area contributed by atoms with Crippen LogP contribution in [0.2, 0.25) is 0 Å². The molecule has 1 aliphatic rings. The van der Waals surface area contributed by atoms with Crippen molar-refractivity contribution >= 4 is 23.2 Å². The highest BCUT2D eigenvalue weighted by atomic mass is 16.5. The first kappa shape index (κ1) is 23.1. The molecule has 1 amide bonds. The number of amides is 1. The number of ether oxygens (including phenoxy) is 1. The Bertz CT molecular complexity index is 1390. The van der Waals surface area contributed by atoms with Crippen molar-refractivity contribution < 1.29 is 14.3 Å². The molecular formula is C30H25N3O3. The van der Waals surface area contributed by atoms with E-state index in [9.17, 15) is 9.59 Å². The molecule has 0 radical (unpaired) electrons. The van der Waals surface area contributed by atoms with E-state index in [-0.39, 0.29) is 17.4 Å². The van der Waals surface area contributed by atoms with E-state index in [1.54, 1.807) is 35.4 Å². The van der Waals surface area contributed by atoms with Crippen molar-refractivity contribution in [3.63, 3.8) is 0 Å². The fraction of sp³-hybridized carbons (Fsp3) is 0.100. The summed E-state index contributed by atoms with van der Waals surface area (Å²) in [6.07, 6.45) is 1.64. The molecule has 0 saturated carbocycles. The Balaban J connectivity index is 1.67. The van der Waals surface area contributed by atoms with E-state index < -0.39 is 6.04 Å². The number of carbonyl (C=O) groups excluding carboxylic acids is 2. The van der Waals surface area contributed by atoms with Gasteiger partial charge in [0.2, 0.25) is 0 Å². The molecule has 5 rings (SSSR count). The van der Waals surface area contributed by atoms with Crippen molar-refractivity contribution in [1.82, 2.24) is 4.98 Å². The lowest BCUT2D eigenvalue weighted by molar-refractivity contribution is -0.114. The second kappa shape index (κ2) is 10.3. The van der Waals surface area contributed by atoms with Gasteiger partial charge in [-0.1, -0.05) is 66.7 Å². The number of hydrogen-bond acceptors (Lipinski definition) is 5. The number of carbonyl (C=O) groups is 2. The Labute approximate surface area is 209 Å². The van der Waals surface area contributed by atoms with Crippen LogP contribution in [0.15, 0.2) is 121 Å². The minimum Gasteiger partial charge on any atom is -0.494 e. The van der Waals surface area contributed by atoms with Gasteiger partial charge in [0.1, 0.15) is 17.3 Å². The van der Waals surface area contributed by atoms with Gasteiger partial charge in [-0.2, -0.15) is 0 Å². The second-order valence-corrected chi connectivity index (χ2v) is 8.24. The first-order valence-electron chi connectivity index (χ1n) is 11.8. The van der Waals surface area contributed by atoms with Gasteiger partial charge in [-0.05, 0) is 48.9 Å². The number of aromatic nitrogens is 1. The summed E-state index contributed by atoms with van der Waals surface area (Å²) < 4.78 is 5.54. The first-order chi connectivity index (χ1) is 17.7. The van der Waals surface area contributed by atoms with Gasteiger partial charge in [0.05, 0.1) is 18.2 Å². The molecule has 0 aliphatic carbocycles. The third-order valence-corrected chi connectivity index (χ3v) is 5.96. The summed E-state index contributed by atoms with van der Waals surface area (Å²) in [4.78, 5) is 34.0. The molecule has 0 bridgehead atoms. The fourth-order valence-electron chi connectivity index (χ4n) is 4.35.